The third-order valence-electron chi connectivity index (χ3n) is 3.52. The van der Waals surface area contributed by atoms with E-state index in [9.17, 15) is 4.79 Å². The van der Waals surface area contributed by atoms with E-state index >= 15 is 0 Å². The number of benzene rings is 1. The summed E-state index contributed by atoms with van der Waals surface area (Å²) in [6, 6.07) is 7.90. The van der Waals surface area contributed by atoms with E-state index < -0.39 is 0 Å². The third kappa shape index (κ3) is 3.05. The van der Waals surface area contributed by atoms with Crippen LogP contribution in [0.15, 0.2) is 24.3 Å². The topological polar surface area (TPSA) is 29.1 Å². The Morgan fingerprint density at radius 1 is 1.39 bits per heavy atom. The van der Waals surface area contributed by atoms with E-state index in [1.54, 1.807) is 0 Å². The van der Waals surface area contributed by atoms with Crippen LogP contribution in [0.4, 0.5) is 0 Å². The van der Waals surface area contributed by atoms with E-state index in [0.717, 1.165) is 29.8 Å². The van der Waals surface area contributed by atoms with E-state index in [4.69, 9.17) is 11.6 Å². The van der Waals surface area contributed by atoms with Gasteiger partial charge in [0.1, 0.15) is 0 Å². The van der Waals surface area contributed by atoms with Gasteiger partial charge in [0.05, 0.1) is 0 Å². The van der Waals surface area contributed by atoms with Crippen LogP contribution in [0.1, 0.15) is 38.7 Å². The highest BCUT2D eigenvalue weighted by molar-refractivity contribution is 6.31. The number of nitrogens with one attached hydrogen (secondary N) is 1. The average Bonchev–Trinajstić information content (AvgIpc) is 2.62. The SMILES string of the molecule is CC(C)CC1(Cc2ccccc2Cl)CCC(=O)N1. The Hall–Kier alpha value is -1.02. The lowest BCUT2D eigenvalue weighted by molar-refractivity contribution is -0.119. The average molecular weight is 266 g/mol. The molecule has 1 unspecified atom stereocenters. The zero-order valence-corrected chi connectivity index (χ0v) is 11.8. The van der Waals surface area contributed by atoms with Gasteiger partial charge in [-0.3, -0.25) is 4.79 Å². The minimum Gasteiger partial charge on any atom is -0.350 e. The summed E-state index contributed by atoms with van der Waals surface area (Å²) < 4.78 is 0. The van der Waals surface area contributed by atoms with Gasteiger partial charge in [-0.15, -0.1) is 0 Å². The maximum atomic E-state index is 11.6. The maximum absolute atomic E-state index is 11.6. The maximum Gasteiger partial charge on any atom is 0.220 e. The van der Waals surface area contributed by atoms with Gasteiger partial charge in [0.15, 0.2) is 0 Å². The van der Waals surface area contributed by atoms with Crippen LogP contribution in [0.5, 0.6) is 0 Å². The molecule has 18 heavy (non-hydrogen) atoms. The number of halogens is 1. The van der Waals surface area contributed by atoms with Gasteiger partial charge in [-0.05, 0) is 36.8 Å². The molecule has 1 aromatic carbocycles. The Morgan fingerprint density at radius 3 is 2.67 bits per heavy atom. The molecule has 1 aromatic rings. The van der Waals surface area contributed by atoms with Crippen LogP contribution in [-0.2, 0) is 11.2 Å². The van der Waals surface area contributed by atoms with Crippen molar-refractivity contribution >= 4 is 17.5 Å². The second kappa shape index (κ2) is 5.31. The highest BCUT2D eigenvalue weighted by Crippen LogP contribution is 2.32. The van der Waals surface area contributed by atoms with Gasteiger partial charge in [-0.1, -0.05) is 43.6 Å². The molecule has 1 saturated heterocycles. The van der Waals surface area contributed by atoms with Gasteiger partial charge in [0.2, 0.25) is 5.91 Å². The van der Waals surface area contributed by atoms with Crippen LogP contribution in [0.2, 0.25) is 5.02 Å². The fourth-order valence-corrected chi connectivity index (χ4v) is 3.12. The van der Waals surface area contributed by atoms with Gasteiger partial charge < -0.3 is 5.32 Å². The summed E-state index contributed by atoms with van der Waals surface area (Å²) in [6.45, 7) is 4.39. The number of rotatable bonds is 4. The lowest BCUT2D eigenvalue weighted by atomic mass is 9.82. The van der Waals surface area contributed by atoms with Crippen molar-refractivity contribution in [1.82, 2.24) is 5.32 Å². The first-order chi connectivity index (χ1) is 8.51. The minimum absolute atomic E-state index is 0.101. The molecule has 1 aliphatic rings. The summed E-state index contributed by atoms with van der Waals surface area (Å²) >= 11 is 6.22. The Bertz CT molecular complexity index is 444. The number of hydrogen-bond acceptors (Lipinski definition) is 1. The molecule has 1 N–H and O–H groups in total. The minimum atomic E-state index is -0.101. The second-order valence-corrected chi connectivity index (χ2v) is 6.10. The molecule has 0 saturated carbocycles. The fraction of sp³-hybridized carbons (Fsp3) is 0.533. The molecule has 0 spiro atoms. The van der Waals surface area contributed by atoms with Gasteiger partial charge in [0, 0.05) is 17.0 Å². The molecule has 0 aromatic heterocycles. The molecule has 2 nitrogen and oxygen atoms in total. The molecule has 0 radical (unpaired) electrons. The van der Waals surface area contributed by atoms with Crippen LogP contribution < -0.4 is 5.32 Å². The van der Waals surface area contributed by atoms with E-state index in [1.807, 2.05) is 18.2 Å². The lowest BCUT2D eigenvalue weighted by Gasteiger charge is -2.31. The molecular weight excluding hydrogens is 246 g/mol. The summed E-state index contributed by atoms with van der Waals surface area (Å²) in [4.78, 5) is 11.6. The lowest BCUT2D eigenvalue weighted by Crippen LogP contribution is -2.44. The van der Waals surface area contributed by atoms with Crippen molar-refractivity contribution in [3.63, 3.8) is 0 Å². The van der Waals surface area contributed by atoms with Gasteiger partial charge in [-0.2, -0.15) is 0 Å². The van der Waals surface area contributed by atoms with Crippen molar-refractivity contribution in [1.29, 1.82) is 0 Å². The zero-order chi connectivity index (χ0) is 13.2. The Kier molecular flexibility index (Phi) is 3.96. The molecule has 3 heteroatoms. The van der Waals surface area contributed by atoms with Gasteiger partial charge >= 0.3 is 0 Å². The number of hydrogen-bond donors (Lipinski definition) is 1. The van der Waals surface area contributed by atoms with Gasteiger partial charge in [-0.25, -0.2) is 0 Å². The van der Waals surface area contributed by atoms with Gasteiger partial charge in [0.25, 0.3) is 0 Å². The zero-order valence-electron chi connectivity index (χ0n) is 11.0. The van der Waals surface area contributed by atoms with Crippen LogP contribution in [-0.4, -0.2) is 11.4 Å². The molecule has 98 valence electrons. The highest BCUT2D eigenvalue weighted by Gasteiger charge is 2.38. The number of amides is 1. The van der Waals surface area contributed by atoms with Crippen molar-refractivity contribution in [3.05, 3.63) is 34.9 Å². The van der Waals surface area contributed by atoms with Crippen molar-refractivity contribution in [3.8, 4) is 0 Å². The quantitative estimate of drug-likeness (QED) is 0.886. The summed E-state index contributed by atoms with van der Waals surface area (Å²) in [6.07, 6.45) is 3.38. The summed E-state index contributed by atoms with van der Waals surface area (Å²) in [5.74, 6) is 0.730. The smallest absolute Gasteiger partial charge is 0.220 e. The van der Waals surface area contributed by atoms with E-state index in [-0.39, 0.29) is 11.4 Å². The molecule has 1 heterocycles. The monoisotopic (exact) mass is 265 g/mol. The molecule has 1 atom stereocenters. The molecule has 0 aliphatic carbocycles. The molecule has 1 fully saturated rings. The Balaban J connectivity index is 2.21. The van der Waals surface area contributed by atoms with E-state index in [2.05, 4.69) is 25.2 Å². The summed E-state index contributed by atoms with van der Waals surface area (Å²) in [5, 5.41) is 3.97. The normalized spacial score (nSPS) is 23.4. The van der Waals surface area contributed by atoms with Crippen LogP contribution in [0.3, 0.4) is 0 Å². The summed E-state index contributed by atoms with van der Waals surface area (Å²) in [7, 11) is 0. The van der Waals surface area contributed by atoms with Crippen molar-refractivity contribution in [2.24, 2.45) is 5.92 Å². The first-order valence-corrected chi connectivity index (χ1v) is 6.93. The number of carbonyl (C=O) groups excluding carboxylic acids is 1. The van der Waals surface area contributed by atoms with Crippen LogP contribution in [0.25, 0.3) is 0 Å². The highest BCUT2D eigenvalue weighted by atomic mass is 35.5. The third-order valence-corrected chi connectivity index (χ3v) is 3.89. The standard InChI is InChI=1S/C15H20ClNO/c1-11(2)9-15(8-7-14(18)17-15)10-12-5-3-4-6-13(12)16/h3-6,11H,7-10H2,1-2H3,(H,17,18). The fourth-order valence-electron chi connectivity index (χ4n) is 2.92. The van der Waals surface area contributed by atoms with Crippen LogP contribution in [0, 0.1) is 5.92 Å². The van der Waals surface area contributed by atoms with Crippen molar-refractivity contribution in [2.75, 3.05) is 0 Å². The Labute approximate surface area is 114 Å². The predicted molar refractivity (Wildman–Crippen MR) is 74.7 cm³/mol. The molecule has 0 bridgehead atoms. The molecular formula is C15H20ClNO. The Morgan fingerprint density at radius 2 is 2.11 bits per heavy atom. The van der Waals surface area contributed by atoms with E-state index in [1.165, 1.54) is 0 Å². The first-order valence-electron chi connectivity index (χ1n) is 6.55. The molecule has 1 amide bonds. The summed E-state index contributed by atoms with van der Waals surface area (Å²) in [5.41, 5.74) is 1.03. The van der Waals surface area contributed by atoms with Crippen molar-refractivity contribution in [2.45, 2.75) is 45.1 Å². The van der Waals surface area contributed by atoms with Crippen molar-refractivity contribution < 1.29 is 4.79 Å². The number of carbonyl (C=O) groups is 1. The van der Waals surface area contributed by atoms with E-state index in [0.29, 0.717) is 12.3 Å². The second-order valence-electron chi connectivity index (χ2n) is 5.69. The molecule has 1 aliphatic heterocycles. The largest absolute Gasteiger partial charge is 0.350 e. The predicted octanol–water partition coefficient (Wildman–Crippen LogP) is 3.58. The molecule has 2 rings (SSSR count). The van der Waals surface area contributed by atoms with Crippen LogP contribution >= 0.6 is 11.6 Å². The first kappa shape index (κ1) is 13.4.